The molecule has 0 saturated carbocycles. The van der Waals surface area contributed by atoms with Crippen molar-refractivity contribution in [2.45, 2.75) is 39.0 Å². The summed E-state index contributed by atoms with van der Waals surface area (Å²) in [6, 6.07) is 18.3. The molecule has 2 aromatic rings. The Balaban J connectivity index is 1.35. The van der Waals surface area contributed by atoms with E-state index < -0.39 is 0 Å². The van der Waals surface area contributed by atoms with E-state index in [0.717, 1.165) is 37.1 Å². The van der Waals surface area contributed by atoms with Gasteiger partial charge in [0.25, 0.3) is 0 Å². The molecule has 0 bridgehead atoms. The van der Waals surface area contributed by atoms with Gasteiger partial charge in [-0.25, -0.2) is 0 Å². The second kappa shape index (κ2) is 9.88. The highest BCUT2D eigenvalue weighted by Gasteiger charge is 2.23. The molecule has 0 atom stereocenters. The number of aryl methyl sites for hydroxylation is 1. The van der Waals surface area contributed by atoms with Crippen molar-refractivity contribution in [3.8, 4) is 0 Å². The van der Waals surface area contributed by atoms with Crippen LogP contribution in [0.5, 0.6) is 0 Å². The van der Waals surface area contributed by atoms with Crippen LogP contribution in [0.3, 0.4) is 0 Å². The number of benzene rings is 2. The second-order valence-electron chi connectivity index (χ2n) is 7.29. The van der Waals surface area contributed by atoms with Gasteiger partial charge in [-0.1, -0.05) is 54.1 Å². The van der Waals surface area contributed by atoms with Crippen LogP contribution in [0.4, 0.5) is 5.69 Å². The first-order valence-corrected chi connectivity index (χ1v) is 10.0. The highest BCUT2D eigenvalue weighted by atomic mass is 16.2. The molecular weight excluding hydrogens is 348 g/mol. The Morgan fingerprint density at radius 2 is 1.79 bits per heavy atom. The van der Waals surface area contributed by atoms with Crippen LogP contribution in [0, 0.1) is 0 Å². The normalized spacial score (nSPS) is 13.3. The summed E-state index contributed by atoms with van der Waals surface area (Å²) < 4.78 is 0. The van der Waals surface area contributed by atoms with E-state index in [0.29, 0.717) is 19.4 Å². The van der Waals surface area contributed by atoms with Gasteiger partial charge in [0, 0.05) is 31.3 Å². The second-order valence-corrected chi connectivity index (χ2v) is 7.29. The number of allylic oxidation sites excluding steroid dienone is 1. The average Bonchev–Trinajstić information content (AvgIpc) is 3.14. The monoisotopic (exact) mass is 376 g/mol. The maximum atomic E-state index is 12.5. The lowest BCUT2D eigenvalue weighted by atomic mass is 10.1. The standard InChI is InChI=1S/C24H28N2O2/c1-19(13-14-20-8-3-2-4-9-20)18-23(27)25-16-7-12-24(28)26-17-15-21-10-5-6-11-22(21)26/h2-6,8-11,18H,7,12-17H2,1H3,(H,25,27)/b19-18+. The minimum absolute atomic E-state index is 0.0791. The number of amides is 2. The number of para-hydroxylation sites is 1. The summed E-state index contributed by atoms with van der Waals surface area (Å²) in [7, 11) is 0. The first-order valence-electron chi connectivity index (χ1n) is 10.0. The summed E-state index contributed by atoms with van der Waals surface area (Å²) >= 11 is 0. The minimum atomic E-state index is -0.0791. The maximum Gasteiger partial charge on any atom is 0.243 e. The van der Waals surface area contributed by atoms with Crippen molar-refractivity contribution in [2.75, 3.05) is 18.0 Å². The topological polar surface area (TPSA) is 49.4 Å². The van der Waals surface area contributed by atoms with Crippen LogP contribution in [-0.2, 0) is 22.4 Å². The van der Waals surface area contributed by atoms with Gasteiger partial charge in [-0.05, 0) is 49.8 Å². The number of nitrogens with zero attached hydrogens (tertiary/aromatic N) is 1. The fourth-order valence-electron chi connectivity index (χ4n) is 3.52. The summed E-state index contributed by atoms with van der Waals surface area (Å²) in [6.45, 7) is 3.26. The Bertz CT molecular complexity index is 843. The number of nitrogens with one attached hydrogen (secondary N) is 1. The fraction of sp³-hybridized carbons (Fsp3) is 0.333. The van der Waals surface area contributed by atoms with Crippen LogP contribution in [0.15, 0.2) is 66.2 Å². The molecule has 0 unspecified atom stereocenters. The van der Waals surface area contributed by atoms with Gasteiger partial charge < -0.3 is 10.2 Å². The van der Waals surface area contributed by atoms with Crippen molar-refractivity contribution >= 4 is 17.5 Å². The van der Waals surface area contributed by atoms with Crippen LogP contribution >= 0.6 is 0 Å². The number of fused-ring (bicyclic) bond motifs is 1. The first kappa shape index (κ1) is 19.9. The number of hydrogen-bond donors (Lipinski definition) is 1. The highest BCUT2D eigenvalue weighted by molar-refractivity contribution is 5.95. The molecule has 0 aliphatic carbocycles. The van der Waals surface area contributed by atoms with Crippen LogP contribution in [0.1, 0.15) is 37.3 Å². The molecule has 0 saturated heterocycles. The Kier molecular flexibility index (Phi) is 7.01. The Labute approximate surface area is 167 Å². The number of anilines is 1. The van der Waals surface area contributed by atoms with Crippen molar-refractivity contribution in [3.05, 3.63) is 77.4 Å². The number of rotatable bonds is 8. The zero-order valence-corrected chi connectivity index (χ0v) is 16.5. The van der Waals surface area contributed by atoms with Crippen LogP contribution in [-0.4, -0.2) is 24.9 Å². The number of carbonyl (C=O) groups is 2. The molecule has 1 N–H and O–H groups in total. The third-order valence-corrected chi connectivity index (χ3v) is 5.08. The molecule has 2 amide bonds. The lowest BCUT2D eigenvalue weighted by molar-refractivity contribution is -0.119. The lowest BCUT2D eigenvalue weighted by Crippen LogP contribution is -2.30. The molecule has 2 aromatic carbocycles. The van der Waals surface area contributed by atoms with E-state index in [1.165, 1.54) is 11.1 Å². The van der Waals surface area contributed by atoms with Crippen molar-refractivity contribution < 1.29 is 9.59 Å². The molecule has 1 heterocycles. The number of hydrogen-bond acceptors (Lipinski definition) is 2. The summed E-state index contributed by atoms with van der Waals surface area (Å²) in [4.78, 5) is 26.4. The van der Waals surface area contributed by atoms with Gasteiger partial charge >= 0.3 is 0 Å². The summed E-state index contributed by atoms with van der Waals surface area (Å²) in [5.74, 6) is 0.0540. The SMILES string of the molecule is C/C(=C\C(=O)NCCCC(=O)N1CCc2ccccc21)CCc1ccccc1. The van der Waals surface area contributed by atoms with Crippen LogP contribution < -0.4 is 10.2 Å². The van der Waals surface area contributed by atoms with E-state index in [4.69, 9.17) is 0 Å². The molecule has 4 nitrogen and oxygen atoms in total. The number of carbonyl (C=O) groups excluding carboxylic acids is 2. The molecule has 1 aliphatic rings. The molecule has 28 heavy (non-hydrogen) atoms. The predicted molar refractivity (Wildman–Crippen MR) is 113 cm³/mol. The highest BCUT2D eigenvalue weighted by Crippen LogP contribution is 2.27. The van der Waals surface area contributed by atoms with E-state index in [2.05, 4.69) is 23.5 Å². The molecule has 0 aromatic heterocycles. The van der Waals surface area contributed by atoms with Gasteiger partial charge in [0.15, 0.2) is 0 Å². The summed E-state index contributed by atoms with van der Waals surface area (Å²) in [5, 5.41) is 2.89. The minimum Gasteiger partial charge on any atom is -0.353 e. The molecule has 4 heteroatoms. The zero-order valence-electron chi connectivity index (χ0n) is 16.5. The van der Waals surface area contributed by atoms with E-state index in [1.54, 1.807) is 6.08 Å². The van der Waals surface area contributed by atoms with Gasteiger partial charge in [0.2, 0.25) is 11.8 Å². The van der Waals surface area contributed by atoms with Gasteiger partial charge in [-0.15, -0.1) is 0 Å². The molecule has 0 spiro atoms. The zero-order chi connectivity index (χ0) is 19.8. The maximum absolute atomic E-state index is 12.5. The molecule has 3 rings (SSSR count). The van der Waals surface area contributed by atoms with Gasteiger partial charge in [-0.3, -0.25) is 9.59 Å². The Hall–Kier alpha value is -2.88. The Morgan fingerprint density at radius 3 is 2.61 bits per heavy atom. The fourth-order valence-corrected chi connectivity index (χ4v) is 3.52. The van der Waals surface area contributed by atoms with Gasteiger partial charge in [0.1, 0.15) is 0 Å². The predicted octanol–water partition coefficient (Wildman–Crippen LogP) is 4.05. The average molecular weight is 377 g/mol. The van der Waals surface area contributed by atoms with E-state index >= 15 is 0 Å². The smallest absolute Gasteiger partial charge is 0.243 e. The third kappa shape index (κ3) is 5.56. The van der Waals surface area contributed by atoms with Crippen molar-refractivity contribution in [1.29, 1.82) is 0 Å². The third-order valence-electron chi connectivity index (χ3n) is 5.08. The molecule has 0 fully saturated rings. The van der Waals surface area contributed by atoms with Crippen LogP contribution in [0.2, 0.25) is 0 Å². The molecule has 1 aliphatic heterocycles. The summed E-state index contributed by atoms with van der Waals surface area (Å²) in [5.41, 5.74) is 4.61. The van der Waals surface area contributed by atoms with Crippen molar-refractivity contribution in [3.63, 3.8) is 0 Å². The first-order chi connectivity index (χ1) is 13.6. The quantitative estimate of drug-likeness (QED) is 0.558. The lowest BCUT2D eigenvalue weighted by Gasteiger charge is -2.17. The summed E-state index contributed by atoms with van der Waals surface area (Å²) in [6.07, 6.45) is 5.49. The molecule has 0 radical (unpaired) electrons. The van der Waals surface area contributed by atoms with E-state index in [1.807, 2.05) is 48.2 Å². The Morgan fingerprint density at radius 1 is 1.04 bits per heavy atom. The van der Waals surface area contributed by atoms with Crippen molar-refractivity contribution in [1.82, 2.24) is 5.32 Å². The van der Waals surface area contributed by atoms with Crippen LogP contribution in [0.25, 0.3) is 0 Å². The molecular formula is C24H28N2O2. The van der Waals surface area contributed by atoms with E-state index in [9.17, 15) is 9.59 Å². The van der Waals surface area contributed by atoms with Crippen molar-refractivity contribution in [2.24, 2.45) is 0 Å². The molecule has 146 valence electrons. The van der Waals surface area contributed by atoms with E-state index in [-0.39, 0.29) is 11.8 Å². The van der Waals surface area contributed by atoms with Gasteiger partial charge in [-0.2, -0.15) is 0 Å². The largest absolute Gasteiger partial charge is 0.353 e. The van der Waals surface area contributed by atoms with Gasteiger partial charge in [0.05, 0.1) is 0 Å².